The van der Waals surface area contributed by atoms with Gasteiger partial charge >= 0.3 is 0 Å². The molecule has 1 aromatic rings. The van der Waals surface area contributed by atoms with Crippen LogP contribution in [0.3, 0.4) is 0 Å². The van der Waals surface area contributed by atoms with Gasteiger partial charge in [-0.05, 0) is 31.3 Å². The summed E-state index contributed by atoms with van der Waals surface area (Å²) >= 11 is 0. The van der Waals surface area contributed by atoms with Gasteiger partial charge in [-0.25, -0.2) is 0 Å². The van der Waals surface area contributed by atoms with Gasteiger partial charge in [0.2, 0.25) is 11.8 Å². The SMILES string of the molecule is COCCNC(=O)C1CC(=O)N(c2ccc(N3CCN(C)CC3)cc2)C1. The topological polar surface area (TPSA) is 65.1 Å². The molecule has 1 aromatic carbocycles. The molecule has 2 aliphatic rings. The van der Waals surface area contributed by atoms with E-state index in [9.17, 15) is 9.59 Å². The molecule has 0 aromatic heterocycles. The van der Waals surface area contributed by atoms with Gasteiger partial charge in [0.15, 0.2) is 0 Å². The van der Waals surface area contributed by atoms with Gasteiger partial charge in [0.05, 0.1) is 12.5 Å². The van der Waals surface area contributed by atoms with Gasteiger partial charge in [-0.3, -0.25) is 9.59 Å². The minimum Gasteiger partial charge on any atom is -0.383 e. The predicted octanol–water partition coefficient (Wildman–Crippen LogP) is 0.554. The largest absolute Gasteiger partial charge is 0.383 e. The van der Waals surface area contributed by atoms with Crippen molar-refractivity contribution in [3.05, 3.63) is 24.3 Å². The molecule has 0 saturated carbocycles. The first kappa shape index (κ1) is 18.7. The van der Waals surface area contributed by atoms with E-state index in [1.807, 2.05) is 12.1 Å². The van der Waals surface area contributed by atoms with Crippen LogP contribution in [-0.2, 0) is 14.3 Å². The van der Waals surface area contributed by atoms with Crippen molar-refractivity contribution in [3.8, 4) is 0 Å². The summed E-state index contributed by atoms with van der Waals surface area (Å²) in [6, 6.07) is 8.10. The van der Waals surface area contributed by atoms with Gasteiger partial charge in [0.25, 0.3) is 0 Å². The normalized spacial score (nSPS) is 21.3. The summed E-state index contributed by atoms with van der Waals surface area (Å²) in [5.41, 5.74) is 2.04. The van der Waals surface area contributed by atoms with E-state index in [1.165, 1.54) is 5.69 Å². The molecule has 26 heavy (non-hydrogen) atoms. The van der Waals surface area contributed by atoms with Crippen molar-refractivity contribution in [2.75, 3.05) is 69.8 Å². The zero-order chi connectivity index (χ0) is 18.5. The third-order valence-electron chi connectivity index (χ3n) is 5.13. The number of ether oxygens (including phenoxy) is 1. The van der Waals surface area contributed by atoms with Crippen LogP contribution in [0.5, 0.6) is 0 Å². The highest BCUT2D eigenvalue weighted by molar-refractivity contribution is 6.00. The Kier molecular flexibility index (Phi) is 6.11. The number of carbonyl (C=O) groups excluding carboxylic acids is 2. The molecular formula is C19H28N4O3. The quantitative estimate of drug-likeness (QED) is 0.751. The van der Waals surface area contributed by atoms with E-state index in [-0.39, 0.29) is 24.2 Å². The van der Waals surface area contributed by atoms with E-state index in [1.54, 1.807) is 12.0 Å². The van der Waals surface area contributed by atoms with Crippen LogP contribution in [0.4, 0.5) is 11.4 Å². The average Bonchev–Trinajstić information content (AvgIpc) is 3.04. The Morgan fingerprint density at radius 3 is 2.46 bits per heavy atom. The Balaban J connectivity index is 1.58. The zero-order valence-electron chi connectivity index (χ0n) is 15.6. The average molecular weight is 360 g/mol. The second-order valence-corrected chi connectivity index (χ2v) is 7.00. The number of carbonyl (C=O) groups is 2. The Morgan fingerprint density at radius 2 is 1.81 bits per heavy atom. The molecule has 3 rings (SSSR count). The minimum atomic E-state index is -0.295. The van der Waals surface area contributed by atoms with Crippen molar-refractivity contribution in [2.24, 2.45) is 5.92 Å². The number of hydrogen-bond acceptors (Lipinski definition) is 5. The molecule has 2 fully saturated rings. The van der Waals surface area contributed by atoms with Gasteiger partial charge < -0.3 is 24.8 Å². The van der Waals surface area contributed by atoms with Crippen molar-refractivity contribution in [3.63, 3.8) is 0 Å². The standard InChI is InChI=1S/C19H28N4O3/c1-21-8-10-22(11-9-21)16-3-5-17(6-4-16)23-14-15(13-18(23)24)19(25)20-7-12-26-2/h3-6,15H,7-14H2,1-2H3,(H,20,25). The van der Waals surface area contributed by atoms with Gasteiger partial charge in [0, 0.05) is 64.2 Å². The van der Waals surface area contributed by atoms with Crippen LogP contribution in [0.15, 0.2) is 24.3 Å². The molecule has 1 unspecified atom stereocenters. The van der Waals surface area contributed by atoms with Crippen LogP contribution < -0.4 is 15.1 Å². The molecule has 0 bridgehead atoms. The summed E-state index contributed by atoms with van der Waals surface area (Å²) in [6.45, 7) is 5.54. The van der Waals surface area contributed by atoms with E-state index < -0.39 is 0 Å². The van der Waals surface area contributed by atoms with Crippen LogP contribution >= 0.6 is 0 Å². The van der Waals surface area contributed by atoms with E-state index >= 15 is 0 Å². The molecule has 1 N–H and O–H groups in total. The van der Waals surface area contributed by atoms with Crippen LogP contribution in [-0.4, -0.2) is 76.7 Å². The minimum absolute atomic E-state index is 0.00392. The third-order valence-corrected chi connectivity index (χ3v) is 5.13. The molecule has 142 valence electrons. The fourth-order valence-corrected chi connectivity index (χ4v) is 3.46. The number of likely N-dealkylation sites (N-methyl/N-ethyl adjacent to an activating group) is 1. The molecule has 0 radical (unpaired) electrons. The molecule has 2 amide bonds. The fourth-order valence-electron chi connectivity index (χ4n) is 3.46. The number of piperazine rings is 1. The van der Waals surface area contributed by atoms with Crippen LogP contribution in [0.1, 0.15) is 6.42 Å². The predicted molar refractivity (Wildman–Crippen MR) is 101 cm³/mol. The summed E-state index contributed by atoms with van der Waals surface area (Å²) < 4.78 is 4.93. The highest BCUT2D eigenvalue weighted by Gasteiger charge is 2.35. The van der Waals surface area contributed by atoms with E-state index in [0.717, 1.165) is 31.9 Å². The second-order valence-electron chi connectivity index (χ2n) is 7.00. The first-order valence-electron chi connectivity index (χ1n) is 9.19. The molecule has 0 spiro atoms. The monoisotopic (exact) mass is 360 g/mol. The fraction of sp³-hybridized carbons (Fsp3) is 0.579. The highest BCUT2D eigenvalue weighted by Crippen LogP contribution is 2.27. The smallest absolute Gasteiger partial charge is 0.227 e. The molecule has 2 aliphatic heterocycles. The Labute approximate surface area is 154 Å². The van der Waals surface area contributed by atoms with E-state index in [4.69, 9.17) is 4.74 Å². The van der Waals surface area contributed by atoms with E-state index in [2.05, 4.69) is 34.3 Å². The number of anilines is 2. The number of benzene rings is 1. The van der Waals surface area contributed by atoms with Gasteiger partial charge in [-0.15, -0.1) is 0 Å². The number of hydrogen-bond donors (Lipinski definition) is 1. The maximum Gasteiger partial charge on any atom is 0.227 e. The number of methoxy groups -OCH3 is 1. The molecule has 7 heteroatoms. The summed E-state index contributed by atoms with van der Waals surface area (Å²) in [5.74, 6) is -0.368. The lowest BCUT2D eigenvalue weighted by molar-refractivity contribution is -0.126. The lowest BCUT2D eigenvalue weighted by Gasteiger charge is -2.34. The number of nitrogens with zero attached hydrogens (tertiary/aromatic N) is 3. The third kappa shape index (κ3) is 4.34. The lowest BCUT2D eigenvalue weighted by Crippen LogP contribution is -2.44. The van der Waals surface area contributed by atoms with Crippen LogP contribution in [0, 0.1) is 5.92 Å². The Bertz CT molecular complexity index is 626. The Hall–Kier alpha value is -2.12. The lowest BCUT2D eigenvalue weighted by atomic mass is 10.1. The van der Waals surface area contributed by atoms with Crippen molar-refractivity contribution in [1.29, 1.82) is 0 Å². The zero-order valence-corrected chi connectivity index (χ0v) is 15.6. The van der Waals surface area contributed by atoms with Crippen molar-refractivity contribution >= 4 is 23.2 Å². The highest BCUT2D eigenvalue weighted by atomic mass is 16.5. The first-order chi connectivity index (χ1) is 12.6. The summed E-state index contributed by atoms with van der Waals surface area (Å²) in [7, 11) is 3.74. The van der Waals surface area contributed by atoms with Crippen LogP contribution in [0.25, 0.3) is 0 Å². The van der Waals surface area contributed by atoms with Crippen molar-refractivity contribution in [1.82, 2.24) is 10.2 Å². The Morgan fingerprint density at radius 1 is 1.15 bits per heavy atom. The number of rotatable bonds is 6. The van der Waals surface area contributed by atoms with Gasteiger partial charge in [-0.2, -0.15) is 0 Å². The maximum absolute atomic E-state index is 12.3. The number of amides is 2. The molecule has 7 nitrogen and oxygen atoms in total. The first-order valence-corrected chi connectivity index (χ1v) is 9.19. The molecule has 0 aliphatic carbocycles. The molecule has 1 atom stereocenters. The van der Waals surface area contributed by atoms with Gasteiger partial charge in [-0.1, -0.05) is 0 Å². The van der Waals surface area contributed by atoms with E-state index in [0.29, 0.717) is 19.7 Å². The van der Waals surface area contributed by atoms with Crippen LogP contribution in [0.2, 0.25) is 0 Å². The second kappa shape index (κ2) is 8.51. The van der Waals surface area contributed by atoms with Gasteiger partial charge in [0.1, 0.15) is 0 Å². The summed E-state index contributed by atoms with van der Waals surface area (Å²) in [4.78, 5) is 30.9. The molecule has 2 saturated heterocycles. The molecule has 2 heterocycles. The number of nitrogens with one attached hydrogen (secondary N) is 1. The summed E-state index contributed by atoms with van der Waals surface area (Å²) in [5, 5.41) is 2.82. The van der Waals surface area contributed by atoms with Crippen molar-refractivity contribution in [2.45, 2.75) is 6.42 Å². The molecular weight excluding hydrogens is 332 g/mol. The summed E-state index contributed by atoms with van der Waals surface area (Å²) in [6.07, 6.45) is 0.263. The van der Waals surface area contributed by atoms with Crippen molar-refractivity contribution < 1.29 is 14.3 Å². The maximum atomic E-state index is 12.3.